The standard InChI is InChI=1S/C52H46N8O7S3/c1-51(2,3)66-50(64)56-49-54-39(32-69-49)42(58-67-52(35-23-13-6-14-24-35,36-25-15-7-16-26-36)37-27-17-8-18-28-37)46(62)55-47-45(68-31-38-30-53-59-57-38)43(60-40(61)29-41(60)70-47)48(63)65-44(33-19-9-4-10-20-33)34-21-11-5-12-22-34/h4-28,30,32,41,44,47H,29,31H2,1-3H3,(H,55,62)(H,53,57,59)(H,54,56,64)/b58-42-. The number of amides is 3. The number of aromatic amines is 1. The van der Waals surface area contributed by atoms with Crippen molar-refractivity contribution in [1.82, 2.24) is 30.6 Å². The van der Waals surface area contributed by atoms with Crippen molar-refractivity contribution in [2.45, 2.75) is 61.0 Å². The highest BCUT2D eigenvalue weighted by molar-refractivity contribution is 8.06. The van der Waals surface area contributed by atoms with Crippen molar-refractivity contribution < 1.29 is 33.5 Å². The molecule has 2 unspecified atom stereocenters. The number of nitrogens with zero attached hydrogens (tertiary/aromatic N) is 5. The summed E-state index contributed by atoms with van der Waals surface area (Å²) in [6.45, 7) is 5.24. The van der Waals surface area contributed by atoms with Gasteiger partial charge in [0, 0.05) is 32.7 Å². The molecule has 0 aliphatic carbocycles. The number of hydrogen-bond acceptors (Lipinski definition) is 14. The maximum absolute atomic E-state index is 15.3. The molecule has 2 aromatic heterocycles. The van der Waals surface area contributed by atoms with Crippen molar-refractivity contribution in [1.29, 1.82) is 0 Å². The van der Waals surface area contributed by atoms with Gasteiger partial charge in [0.15, 0.2) is 16.9 Å². The molecule has 2 atom stereocenters. The van der Waals surface area contributed by atoms with Gasteiger partial charge in [0.1, 0.15) is 22.4 Å². The number of aromatic nitrogens is 4. The molecule has 3 amide bonds. The summed E-state index contributed by atoms with van der Waals surface area (Å²) in [7, 11) is 0. The summed E-state index contributed by atoms with van der Waals surface area (Å²) >= 11 is 3.57. The second-order valence-corrected chi connectivity index (χ2v) is 20.1. The largest absolute Gasteiger partial charge is 0.448 e. The number of ether oxygens (including phenoxy) is 2. The van der Waals surface area contributed by atoms with Crippen LogP contribution >= 0.6 is 34.9 Å². The number of hydrogen-bond donors (Lipinski definition) is 3. The van der Waals surface area contributed by atoms with Crippen LogP contribution in [-0.4, -0.2) is 71.2 Å². The molecule has 3 N–H and O–H groups in total. The second-order valence-electron chi connectivity index (χ2n) is 17.0. The molecule has 0 radical (unpaired) electrons. The first-order chi connectivity index (χ1) is 34.0. The minimum absolute atomic E-state index is 0.000786. The van der Waals surface area contributed by atoms with Crippen LogP contribution in [-0.2, 0) is 40.0 Å². The van der Waals surface area contributed by atoms with Crippen LogP contribution in [0.4, 0.5) is 9.93 Å². The third kappa shape index (κ3) is 10.5. The number of carbonyl (C=O) groups excluding carboxylic acids is 4. The van der Waals surface area contributed by atoms with E-state index in [0.717, 1.165) is 39.2 Å². The molecule has 0 saturated carbocycles. The first-order valence-corrected chi connectivity index (χ1v) is 25.0. The number of H-pyrrole nitrogens is 1. The molecule has 354 valence electrons. The molecule has 5 aromatic carbocycles. The van der Waals surface area contributed by atoms with Crippen molar-refractivity contribution in [3.05, 3.63) is 213 Å². The molecule has 1 saturated heterocycles. The summed E-state index contributed by atoms with van der Waals surface area (Å²) in [5, 5.41) is 21.6. The van der Waals surface area contributed by atoms with Crippen LogP contribution in [0.2, 0.25) is 0 Å². The van der Waals surface area contributed by atoms with Gasteiger partial charge in [-0.15, -0.1) is 34.9 Å². The van der Waals surface area contributed by atoms with E-state index in [1.54, 1.807) is 32.3 Å². The molecule has 0 bridgehead atoms. The highest BCUT2D eigenvalue weighted by Crippen LogP contribution is 2.48. The van der Waals surface area contributed by atoms with Gasteiger partial charge in [-0.1, -0.05) is 157 Å². The number of thiazole rings is 1. The van der Waals surface area contributed by atoms with Crippen LogP contribution in [0.5, 0.6) is 0 Å². The van der Waals surface area contributed by atoms with E-state index < -0.39 is 46.0 Å². The number of thioether (sulfide) groups is 2. The summed E-state index contributed by atoms with van der Waals surface area (Å²) in [4.78, 5) is 70.0. The van der Waals surface area contributed by atoms with Gasteiger partial charge in [-0.2, -0.15) is 15.4 Å². The van der Waals surface area contributed by atoms with E-state index in [1.165, 1.54) is 28.4 Å². The Bertz CT molecular complexity index is 2870. The highest BCUT2D eigenvalue weighted by atomic mass is 32.2. The summed E-state index contributed by atoms with van der Waals surface area (Å²) < 4.78 is 11.9. The Kier molecular flexibility index (Phi) is 14.2. The average molecular weight is 991 g/mol. The number of β-lactam (4-membered cyclic amide) rings is 1. The Morgan fingerprint density at radius 2 is 1.39 bits per heavy atom. The van der Waals surface area contributed by atoms with E-state index in [1.807, 2.05) is 152 Å². The lowest BCUT2D eigenvalue weighted by Crippen LogP contribution is -2.57. The Balaban J connectivity index is 1.14. The fraction of sp³-hybridized carbons (Fsp3) is 0.192. The maximum atomic E-state index is 15.3. The zero-order valence-corrected chi connectivity index (χ0v) is 40.5. The Morgan fingerprint density at radius 3 is 1.90 bits per heavy atom. The maximum Gasteiger partial charge on any atom is 0.413 e. The van der Waals surface area contributed by atoms with Crippen molar-refractivity contribution in [2.75, 3.05) is 5.32 Å². The van der Waals surface area contributed by atoms with Crippen LogP contribution < -0.4 is 10.6 Å². The number of benzene rings is 5. The highest BCUT2D eigenvalue weighted by Gasteiger charge is 2.50. The zero-order valence-electron chi connectivity index (χ0n) is 38.1. The van der Waals surface area contributed by atoms with Gasteiger partial charge >= 0.3 is 12.1 Å². The quantitative estimate of drug-likeness (QED) is 0.0274. The molecule has 15 nitrogen and oxygen atoms in total. The van der Waals surface area contributed by atoms with E-state index in [4.69, 9.17) is 19.5 Å². The van der Waals surface area contributed by atoms with Gasteiger partial charge in [-0.25, -0.2) is 14.6 Å². The van der Waals surface area contributed by atoms with Crippen molar-refractivity contribution in [3.63, 3.8) is 0 Å². The van der Waals surface area contributed by atoms with Gasteiger partial charge in [-0.3, -0.25) is 19.8 Å². The third-order valence-electron chi connectivity index (χ3n) is 11.0. The number of nitrogens with one attached hydrogen (secondary N) is 3. The second kappa shape index (κ2) is 21.0. The topological polar surface area (TPSA) is 190 Å². The van der Waals surface area contributed by atoms with Crippen molar-refractivity contribution in [3.8, 4) is 0 Å². The predicted molar refractivity (Wildman–Crippen MR) is 269 cm³/mol. The van der Waals surface area contributed by atoms with Crippen molar-refractivity contribution >= 4 is 69.6 Å². The minimum atomic E-state index is -1.39. The summed E-state index contributed by atoms with van der Waals surface area (Å²) in [6.07, 6.45) is 0.102. The molecule has 2 aliphatic rings. The van der Waals surface area contributed by atoms with Gasteiger partial charge in [0.05, 0.1) is 23.7 Å². The van der Waals surface area contributed by atoms with E-state index in [-0.39, 0.29) is 40.3 Å². The lowest BCUT2D eigenvalue weighted by atomic mass is 9.80. The molecule has 1 fully saturated rings. The van der Waals surface area contributed by atoms with E-state index in [9.17, 15) is 14.4 Å². The summed E-state index contributed by atoms with van der Waals surface area (Å²) in [5.74, 6) is -1.54. The van der Waals surface area contributed by atoms with Crippen LogP contribution in [0.15, 0.2) is 179 Å². The fourth-order valence-corrected chi connectivity index (χ4v) is 11.2. The van der Waals surface area contributed by atoms with E-state index >= 15 is 4.79 Å². The molecule has 70 heavy (non-hydrogen) atoms. The molecule has 18 heteroatoms. The molecule has 9 rings (SSSR count). The summed E-state index contributed by atoms with van der Waals surface area (Å²) in [6, 6.07) is 47.3. The molecular formula is C52H46N8O7S3. The van der Waals surface area contributed by atoms with E-state index in [2.05, 4.69) is 31.0 Å². The first-order valence-electron chi connectivity index (χ1n) is 22.2. The minimum Gasteiger partial charge on any atom is -0.448 e. The third-order valence-corrected chi connectivity index (χ3v) is 14.4. The van der Waals surface area contributed by atoms with Crippen molar-refractivity contribution in [2.24, 2.45) is 5.16 Å². The molecule has 4 heterocycles. The monoisotopic (exact) mass is 990 g/mol. The Labute approximate surface area is 416 Å². The first kappa shape index (κ1) is 47.5. The SMILES string of the molecule is CC(C)(C)OC(=O)Nc1nc(/C(=N/OC(c2ccccc2)(c2ccccc2)c2ccccc2)C(=O)NC2SC3CC(=O)N3C(C(=O)OC(c3ccccc3)c3ccccc3)=C2SCc2cn[nH]n2)cs1. The number of esters is 1. The normalized spacial score (nSPS) is 16.0. The predicted octanol–water partition coefficient (Wildman–Crippen LogP) is 9.55. The van der Waals surface area contributed by atoms with Crippen LogP contribution in [0, 0.1) is 0 Å². The summed E-state index contributed by atoms with van der Waals surface area (Å²) in [5.41, 5.74) is 1.83. The number of fused-ring (bicyclic) bond motifs is 1. The zero-order chi connectivity index (χ0) is 48.7. The number of rotatable bonds is 16. The molecule has 2 aliphatic heterocycles. The van der Waals surface area contributed by atoms with Gasteiger partial charge in [0.2, 0.25) is 11.5 Å². The smallest absolute Gasteiger partial charge is 0.413 e. The average Bonchev–Trinajstić information content (AvgIpc) is 4.07. The number of oxime groups is 1. The van der Waals surface area contributed by atoms with Crippen LogP contribution in [0.3, 0.4) is 0 Å². The van der Waals surface area contributed by atoms with Gasteiger partial charge in [0.25, 0.3) is 5.91 Å². The number of anilines is 1. The molecule has 0 spiro atoms. The van der Waals surface area contributed by atoms with E-state index in [0.29, 0.717) is 10.6 Å². The van der Waals surface area contributed by atoms with Crippen LogP contribution in [0.1, 0.15) is 72.5 Å². The Morgan fingerprint density at radius 1 is 0.829 bits per heavy atom. The van der Waals surface area contributed by atoms with Gasteiger partial charge in [-0.05, 0) is 31.9 Å². The Hall–Kier alpha value is -7.54. The lowest BCUT2D eigenvalue weighted by molar-refractivity contribution is -0.151. The fourth-order valence-electron chi connectivity index (χ4n) is 7.88. The number of carbonyl (C=O) groups is 4. The lowest BCUT2D eigenvalue weighted by Gasteiger charge is -2.47. The molecule has 7 aromatic rings. The van der Waals surface area contributed by atoms with Gasteiger partial charge < -0.3 is 19.6 Å². The molecular weight excluding hydrogens is 945 g/mol. The van der Waals surface area contributed by atoms with Crippen LogP contribution in [0.25, 0.3) is 0 Å².